The predicted molar refractivity (Wildman–Crippen MR) is 87.3 cm³/mol. The number of hydrogen-bond acceptors (Lipinski definition) is 3. The molecule has 116 valence electrons. The zero-order valence-corrected chi connectivity index (χ0v) is 13.6. The lowest BCUT2D eigenvalue weighted by atomic mass is 9.95. The number of fused-ring (bicyclic) bond motifs is 1. The lowest BCUT2D eigenvalue weighted by Gasteiger charge is -2.48. The molecule has 3 heteroatoms. The Hall–Kier alpha value is -0.930. The summed E-state index contributed by atoms with van der Waals surface area (Å²) in [5.41, 5.74) is 2.71. The maximum atomic E-state index is 4.66. The van der Waals surface area contributed by atoms with Gasteiger partial charge in [0.1, 0.15) is 0 Å². The van der Waals surface area contributed by atoms with Crippen molar-refractivity contribution in [2.45, 2.75) is 64.6 Å². The molecule has 0 aliphatic carbocycles. The van der Waals surface area contributed by atoms with Crippen LogP contribution in [0.5, 0.6) is 0 Å². The van der Waals surface area contributed by atoms with Crippen LogP contribution in [0.15, 0.2) is 18.3 Å². The Balaban J connectivity index is 1.73. The van der Waals surface area contributed by atoms with Crippen molar-refractivity contribution in [3.63, 3.8) is 0 Å². The largest absolute Gasteiger partial charge is 0.298 e. The van der Waals surface area contributed by atoms with Crippen LogP contribution in [0, 0.1) is 0 Å². The molecule has 0 radical (unpaired) electrons. The van der Waals surface area contributed by atoms with Crippen LogP contribution in [-0.2, 0) is 13.0 Å². The van der Waals surface area contributed by atoms with E-state index in [1.165, 1.54) is 56.6 Å². The van der Waals surface area contributed by atoms with E-state index in [1.807, 2.05) is 6.20 Å². The average Bonchev–Trinajstić information content (AvgIpc) is 2.54. The SMILES string of the molecule is CCc1cccnc1CN1CC2CCCCN2CC1CC. The molecule has 2 unspecified atom stereocenters. The molecule has 2 atom stereocenters. The third-order valence-corrected chi connectivity index (χ3v) is 5.35. The Kier molecular flexibility index (Phi) is 4.91. The van der Waals surface area contributed by atoms with Crippen molar-refractivity contribution in [1.82, 2.24) is 14.8 Å². The van der Waals surface area contributed by atoms with Gasteiger partial charge in [-0.15, -0.1) is 0 Å². The van der Waals surface area contributed by atoms with Crippen LogP contribution in [0.25, 0.3) is 0 Å². The monoisotopic (exact) mass is 287 g/mol. The summed E-state index contributed by atoms with van der Waals surface area (Å²) in [5.74, 6) is 0. The number of hydrogen-bond donors (Lipinski definition) is 0. The van der Waals surface area contributed by atoms with Crippen molar-refractivity contribution in [2.24, 2.45) is 0 Å². The molecule has 2 saturated heterocycles. The van der Waals surface area contributed by atoms with Crippen LogP contribution < -0.4 is 0 Å². The Morgan fingerprint density at radius 1 is 1.24 bits per heavy atom. The molecule has 0 amide bonds. The minimum Gasteiger partial charge on any atom is -0.298 e. The summed E-state index contributed by atoms with van der Waals surface area (Å²) >= 11 is 0. The van der Waals surface area contributed by atoms with Crippen LogP contribution in [0.1, 0.15) is 50.8 Å². The first-order chi connectivity index (χ1) is 10.3. The van der Waals surface area contributed by atoms with Gasteiger partial charge in [-0.05, 0) is 43.9 Å². The van der Waals surface area contributed by atoms with Gasteiger partial charge in [-0.1, -0.05) is 26.3 Å². The van der Waals surface area contributed by atoms with Crippen LogP contribution >= 0.6 is 0 Å². The van der Waals surface area contributed by atoms with E-state index >= 15 is 0 Å². The van der Waals surface area contributed by atoms with Crippen LogP contribution in [0.3, 0.4) is 0 Å². The number of piperazine rings is 1. The van der Waals surface area contributed by atoms with Gasteiger partial charge in [0, 0.05) is 37.9 Å². The van der Waals surface area contributed by atoms with Crippen molar-refractivity contribution in [1.29, 1.82) is 0 Å². The summed E-state index contributed by atoms with van der Waals surface area (Å²) in [7, 11) is 0. The minimum absolute atomic E-state index is 0.700. The summed E-state index contributed by atoms with van der Waals surface area (Å²) in [4.78, 5) is 10.1. The van der Waals surface area contributed by atoms with Gasteiger partial charge in [0.2, 0.25) is 0 Å². The first-order valence-corrected chi connectivity index (χ1v) is 8.72. The van der Waals surface area contributed by atoms with E-state index in [9.17, 15) is 0 Å². The molecule has 0 aromatic carbocycles. The highest BCUT2D eigenvalue weighted by molar-refractivity contribution is 5.19. The zero-order chi connectivity index (χ0) is 14.7. The number of aromatic nitrogens is 1. The molecule has 1 aromatic rings. The van der Waals surface area contributed by atoms with E-state index in [0.29, 0.717) is 6.04 Å². The maximum absolute atomic E-state index is 4.66. The highest BCUT2D eigenvalue weighted by Crippen LogP contribution is 2.26. The van der Waals surface area contributed by atoms with Crippen molar-refractivity contribution in [3.8, 4) is 0 Å². The first kappa shape index (κ1) is 15.0. The van der Waals surface area contributed by atoms with Gasteiger partial charge in [0.25, 0.3) is 0 Å². The summed E-state index contributed by atoms with van der Waals surface area (Å²) in [5, 5.41) is 0. The Morgan fingerprint density at radius 2 is 2.14 bits per heavy atom. The highest BCUT2D eigenvalue weighted by Gasteiger charge is 2.34. The predicted octanol–water partition coefficient (Wildman–Crippen LogP) is 3.09. The smallest absolute Gasteiger partial charge is 0.0575 e. The van der Waals surface area contributed by atoms with Crippen molar-refractivity contribution in [2.75, 3.05) is 19.6 Å². The number of aryl methyl sites for hydroxylation is 1. The van der Waals surface area contributed by atoms with Gasteiger partial charge in [-0.3, -0.25) is 14.8 Å². The second kappa shape index (κ2) is 6.89. The molecule has 3 nitrogen and oxygen atoms in total. The van der Waals surface area contributed by atoms with Gasteiger partial charge < -0.3 is 0 Å². The number of rotatable bonds is 4. The summed E-state index contributed by atoms with van der Waals surface area (Å²) < 4.78 is 0. The minimum atomic E-state index is 0.700. The molecule has 3 rings (SSSR count). The maximum Gasteiger partial charge on any atom is 0.0575 e. The highest BCUT2D eigenvalue weighted by atomic mass is 15.3. The molecule has 0 saturated carbocycles. The van der Waals surface area contributed by atoms with Crippen LogP contribution in [0.4, 0.5) is 0 Å². The summed E-state index contributed by atoms with van der Waals surface area (Å²) in [6.07, 6.45) is 8.48. The van der Waals surface area contributed by atoms with Gasteiger partial charge in [-0.2, -0.15) is 0 Å². The second-order valence-electron chi connectivity index (χ2n) is 6.60. The third-order valence-electron chi connectivity index (χ3n) is 5.35. The fourth-order valence-electron chi connectivity index (χ4n) is 4.02. The van der Waals surface area contributed by atoms with E-state index in [-0.39, 0.29) is 0 Å². The van der Waals surface area contributed by atoms with E-state index in [4.69, 9.17) is 0 Å². The van der Waals surface area contributed by atoms with E-state index in [1.54, 1.807) is 0 Å². The Labute approximate surface area is 129 Å². The fourth-order valence-corrected chi connectivity index (χ4v) is 4.02. The number of nitrogens with zero attached hydrogens (tertiary/aromatic N) is 3. The number of piperidine rings is 1. The Bertz CT molecular complexity index is 460. The first-order valence-electron chi connectivity index (χ1n) is 8.72. The van der Waals surface area contributed by atoms with Crippen molar-refractivity contribution >= 4 is 0 Å². The average molecular weight is 287 g/mol. The molecule has 0 bridgehead atoms. The van der Waals surface area contributed by atoms with Crippen LogP contribution in [0.2, 0.25) is 0 Å². The fraction of sp³-hybridized carbons (Fsp3) is 0.722. The molecule has 3 heterocycles. The van der Waals surface area contributed by atoms with Gasteiger partial charge in [0.15, 0.2) is 0 Å². The van der Waals surface area contributed by atoms with Crippen molar-refractivity contribution < 1.29 is 0 Å². The normalized spacial score (nSPS) is 27.5. The molecule has 21 heavy (non-hydrogen) atoms. The topological polar surface area (TPSA) is 19.4 Å². The summed E-state index contributed by atoms with van der Waals surface area (Å²) in [6.45, 7) is 9.41. The van der Waals surface area contributed by atoms with E-state index in [0.717, 1.165) is 19.0 Å². The van der Waals surface area contributed by atoms with Crippen molar-refractivity contribution in [3.05, 3.63) is 29.6 Å². The summed E-state index contributed by atoms with van der Waals surface area (Å²) in [6, 6.07) is 5.79. The third kappa shape index (κ3) is 3.29. The van der Waals surface area contributed by atoms with E-state index in [2.05, 4.69) is 40.8 Å². The molecule has 0 spiro atoms. The molecular weight excluding hydrogens is 258 g/mol. The number of pyridine rings is 1. The van der Waals surface area contributed by atoms with E-state index < -0.39 is 0 Å². The van der Waals surface area contributed by atoms with Gasteiger partial charge >= 0.3 is 0 Å². The molecule has 1 aromatic heterocycles. The lowest BCUT2D eigenvalue weighted by molar-refractivity contribution is 0.00257. The van der Waals surface area contributed by atoms with Crippen LogP contribution in [-0.4, -0.2) is 46.5 Å². The second-order valence-corrected chi connectivity index (χ2v) is 6.60. The molecule has 2 fully saturated rings. The quantitative estimate of drug-likeness (QED) is 0.848. The zero-order valence-electron chi connectivity index (χ0n) is 13.6. The Morgan fingerprint density at radius 3 is 2.95 bits per heavy atom. The molecule has 2 aliphatic heterocycles. The standard InChI is InChI=1S/C18H29N3/c1-3-15-8-7-10-19-18(15)14-21-13-17-9-5-6-11-20(17)12-16(21)4-2/h7-8,10,16-17H,3-6,9,11-14H2,1-2H3. The molecule has 2 aliphatic rings. The van der Waals surface area contributed by atoms with Gasteiger partial charge in [0.05, 0.1) is 5.69 Å². The molecular formula is C18H29N3. The lowest BCUT2D eigenvalue weighted by Crippen LogP contribution is -2.59. The van der Waals surface area contributed by atoms with Gasteiger partial charge in [-0.25, -0.2) is 0 Å². The molecule has 0 N–H and O–H groups in total.